The average Bonchev–Trinajstić information content (AvgIpc) is 0.874. The van der Waals surface area contributed by atoms with Gasteiger partial charge in [-0.1, -0.05) is 252 Å². The zero-order chi connectivity index (χ0) is 88.1. The second-order valence-electron chi connectivity index (χ2n) is 33.0. The number of carbonyl (C=O) groups excluding carboxylic acids is 14. The monoisotopic (exact) mass is 1560 g/mol. The van der Waals surface area contributed by atoms with E-state index in [-0.39, 0.29) is 219 Å². The van der Waals surface area contributed by atoms with Crippen LogP contribution in [0.25, 0.3) is 0 Å². The Morgan fingerprint density at radius 2 is 0.667 bits per heavy atom. The number of hydrogen-bond acceptors (Lipinski definition) is 21. The van der Waals surface area contributed by atoms with Crippen molar-refractivity contribution in [3.05, 3.63) is 35.9 Å². The van der Waals surface area contributed by atoms with Gasteiger partial charge in [0, 0.05) is 107 Å². The van der Waals surface area contributed by atoms with Crippen LogP contribution < -0.4 is 11.5 Å². The highest BCUT2D eigenvalue weighted by Gasteiger charge is 2.31. The molecule has 0 aliphatic heterocycles. The first-order valence-electron chi connectivity index (χ1n) is 38.5. The van der Waals surface area contributed by atoms with Gasteiger partial charge in [0.05, 0.1) is 64.8 Å². The first-order chi connectivity index (χ1) is 48.7. The molecule has 0 heterocycles. The Labute approximate surface area is 657 Å². The fraction of sp³-hybridized carbons (Fsp3) is 0.767. The van der Waals surface area contributed by atoms with Crippen molar-refractivity contribution in [1.82, 2.24) is 0 Å². The van der Waals surface area contributed by atoms with E-state index in [2.05, 4.69) is 14.2 Å². The molecule has 0 saturated carbocycles. The minimum absolute atomic E-state index is 0.0212. The maximum absolute atomic E-state index is 12.1. The third-order valence-corrected chi connectivity index (χ3v) is 17.3. The molecule has 6 atom stereocenters. The molecule has 22 heteroatoms. The van der Waals surface area contributed by atoms with E-state index >= 15 is 0 Å². The Kier molecular flexibility index (Phi) is 71.8. The molecule has 0 fully saturated rings. The van der Waals surface area contributed by atoms with Crippen molar-refractivity contribution in [3.63, 3.8) is 0 Å². The molecular weight excluding hydrogens is 1400 g/mol. The SMILES string of the molecule is CC(=O)C(C)C.CC(=O)CC(C)C(=O)C(C)C.CC(C)C(=O)C(C)(C)C.CC(C)C(=O)C(C)C.CC(C)C(=O)C(C)N.CC(C)C(=O)C(CS(C)(=O)=O)C(C)C.CC(C)C(=O)CN.COC(=O)CC(C(=O)C(C)C)C(C)C.COC(=O)CC(C(=O)C(C)C)C(C)C.COC(=O)CC(C(=O)C(C)C)c1ccccc1. The normalized spacial score (nSPS) is 12.6. The summed E-state index contributed by atoms with van der Waals surface area (Å²) in [7, 11) is 0.963. The van der Waals surface area contributed by atoms with Gasteiger partial charge in [0.25, 0.3) is 0 Å². The fourth-order valence-corrected chi connectivity index (χ4v) is 10.4. The molecule has 0 bridgehead atoms. The number of nitrogens with two attached hydrogens (primary N) is 2. The number of rotatable bonds is 32. The molecular formula is C86H158N2O19S. The van der Waals surface area contributed by atoms with Crippen LogP contribution >= 0.6 is 0 Å². The predicted molar refractivity (Wildman–Crippen MR) is 439 cm³/mol. The summed E-state index contributed by atoms with van der Waals surface area (Å²) in [5.41, 5.74) is 11.0. The number of ether oxygens (including phenoxy) is 3. The van der Waals surface area contributed by atoms with Gasteiger partial charge in [-0.15, -0.1) is 0 Å². The van der Waals surface area contributed by atoms with Crippen LogP contribution in [0.1, 0.15) is 279 Å². The second-order valence-corrected chi connectivity index (χ2v) is 35.1. The first-order valence-corrected chi connectivity index (χ1v) is 40.5. The number of carbonyl (C=O) groups is 14. The van der Waals surface area contributed by atoms with Crippen molar-refractivity contribution in [2.75, 3.05) is 39.9 Å². The van der Waals surface area contributed by atoms with Crippen molar-refractivity contribution in [2.45, 2.75) is 280 Å². The smallest absolute Gasteiger partial charge is 0.306 e. The van der Waals surface area contributed by atoms with Gasteiger partial charge >= 0.3 is 17.9 Å². The molecule has 0 aliphatic rings. The van der Waals surface area contributed by atoms with Crippen molar-refractivity contribution in [1.29, 1.82) is 0 Å². The molecule has 0 amide bonds. The lowest BCUT2D eigenvalue weighted by atomic mass is 9.84. The lowest BCUT2D eigenvalue weighted by Crippen LogP contribution is -2.30. The second kappa shape index (κ2) is 64.5. The molecule has 6 unspecified atom stereocenters. The molecule has 1 rings (SSSR count). The predicted octanol–water partition coefficient (Wildman–Crippen LogP) is 16.1. The van der Waals surface area contributed by atoms with Gasteiger partial charge in [0.15, 0.2) is 5.78 Å². The third kappa shape index (κ3) is 66.8. The van der Waals surface area contributed by atoms with Crippen LogP contribution in [0, 0.1) is 112 Å². The van der Waals surface area contributed by atoms with Crippen LogP contribution in [0.15, 0.2) is 30.3 Å². The topological polar surface area (TPSA) is 353 Å². The highest BCUT2D eigenvalue weighted by Crippen LogP contribution is 2.26. The number of sulfone groups is 1. The fourth-order valence-electron chi connectivity index (χ4n) is 9.18. The van der Waals surface area contributed by atoms with E-state index in [9.17, 15) is 75.5 Å². The van der Waals surface area contributed by atoms with E-state index in [1.807, 2.05) is 238 Å². The summed E-state index contributed by atoms with van der Waals surface area (Å²) in [5, 5.41) is 0. The summed E-state index contributed by atoms with van der Waals surface area (Å²) in [4.78, 5) is 156. The van der Waals surface area contributed by atoms with E-state index in [0.29, 0.717) is 18.0 Å². The minimum Gasteiger partial charge on any atom is -0.469 e. The molecule has 1 aromatic carbocycles. The quantitative estimate of drug-likeness (QED) is 0.0500. The minimum atomic E-state index is -3.07. The number of ketones is 11. The van der Waals surface area contributed by atoms with E-state index in [1.54, 1.807) is 27.7 Å². The van der Waals surface area contributed by atoms with Crippen LogP contribution in [0.4, 0.5) is 0 Å². The molecule has 632 valence electrons. The highest BCUT2D eigenvalue weighted by atomic mass is 32.2. The Bertz CT molecular complexity index is 2780. The Morgan fingerprint density at radius 1 is 0.380 bits per heavy atom. The summed E-state index contributed by atoms with van der Waals surface area (Å²) < 4.78 is 36.0. The van der Waals surface area contributed by atoms with Crippen molar-refractivity contribution >= 4 is 91.4 Å². The first kappa shape index (κ1) is 120. The van der Waals surface area contributed by atoms with Gasteiger partial charge in [-0.25, -0.2) is 8.42 Å². The summed E-state index contributed by atoms with van der Waals surface area (Å²) in [6.45, 7) is 65.5. The Balaban J connectivity index is -0.000000146. The molecule has 21 nitrogen and oxygen atoms in total. The van der Waals surface area contributed by atoms with Crippen LogP contribution in [-0.2, 0) is 91.2 Å². The van der Waals surface area contributed by atoms with Gasteiger partial charge < -0.3 is 30.5 Å². The maximum atomic E-state index is 12.1. The summed E-state index contributed by atoms with van der Waals surface area (Å²) in [6, 6.07) is 9.07. The largest absolute Gasteiger partial charge is 0.469 e. The van der Waals surface area contributed by atoms with Gasteiger partial charge in [-0.05, 0) is 44.1 Å². The molecule has 0 aliphatic carbocycles. The van der Waals surface area contributed by atoms with Crippen LogP contribution in [0.2, 0.25) is 0 Å². The van der Waals surface area contributed by atoms with E-state index in [4.69, 9.17) is 11.5 Å². The number of hydrogen-bond donors (Lipinski definition) is 2. The van der Waals surface area contributed by atoms with E-state index < -0.39 is 15.8 Å². The molecule has 0 spiro atoms. The van der Waals surface area contributed by atoms with Gasteiger partial charge in [-0.3, -0.25) is 62.3 Å². The zero-order valence-corrected chi connectivity index (χ0v) is 75.8. The Morgan fingerprint density at radius 3 is 0.833 bits per heavy atom. The number of Topliss-reactive ketones (excluding diaryl/α,β-unsaturated/α-hetero) is 11. The average molecular weight is 1560 g/mol. The lowest BCUT2D eigenvalue weighted by molar-refractivity contribution is -0.145. The van der Waals surface area contributed by atoms with E-state index in [0.717, 1.165) is 5.56 Å². The lowest BCUT2D eigenvalue weighted by Gasteiger charge is -2.20. The third-order valence-electron chi connectivity index (χ3n) is 16.4. The summed E-state index contributed by atoms with van der Waals surface area (Å²) >= 11 is 0. The maximum Gasteiger partial charge on any atom is 0.306 e. The molecule has 1 aromatic rings. The van der Waals surface area contributed by atoms with Crippen LogP contribution in [0.5, 0.6) is 0 Å². The van der Waals surface area contributed by atoms with E-state index in [1.165, 1.54) is 34.5 Å². The molecule has 0 radical (unpaired) electrons. The summed E-state index contributed by atoms with van der Waals surface area (Å²) in [5.74, 6) is 0.850. The van der Waals surface area contributed by atoms with Gasteiger partial charge in [0.1, 0.15) is 67.7 Å². The molecule has 4 N–H and O–H groups in total. The van der Waals surface area contributed by atoms with Gasteiger partial charge in [-0.2, -0.15) is 0 Å². The van der Waals surface area contributed by atoms with Crippen molar-refractivity contribution < 1.29 is 89.8 Å². The highest BCUT2D eigenvalue weighted by molar-refractivity contribution is 7.90. The standard InChI is InChI=1S/C14H18O3.2C11H20O3.C10H20O3S.C9H16O2.C8H16O.C7H14O.C6H13NO.C5H11NO.C5H10O/c1-10(2)14(16)12(9-13(15)17-3)11-7-5-4-6-8-11;2*1-7(2)9(6-10(12)14-5)11(13)8(3)4;1-7(2)9(6-14(5,12)13)10(11)8(3)4;1-6(2)9(11)7(3)5-8(4)10;1-6(2)7(9)8(3,4)5;1-5(2)7(8)6(3)4;1-4(2)6(8)5(3)7;1-4(2)5(7)3-6;1-4(2)5(3)6/h4-8,10,12H,9H2,1-3H3;3*7-9H,6H2,1-5H3;6-7H,5H2,1-4H3;6H,1-5H3;5-6H,1-4H3;4-5H,7H2,1-3H3;4H,3,6H2,1-2H3;4H,1-3H3. The molecule has 0 aromatic heterocycles. The molecule has 108 heavy (non-hydrogen) atoms. The molecule has 0 saturated heterocycles. The van der Waals surface area contributed by atoms with Crippen molar-refractivity contribution in [2.24, 2.45) is 123 Å². The number of esters is 3. The Hall–Kier alpha value is -6.13. The number of methoxy groups -OCH3 is 3. The van der Waals surface area contributed by atoms with Crippen LogP contribution in [0.3, 0.4) is 0 Å². The summed E-state index contributed by atoms with van der Waals surface area (Å²) in [6.07, 6.45) is 2.07. The van der Waals surface area contributed by atoms with Gasteiger partial charge in [0.2, 0.25) is 0 Å². The number of benzene rings is 1. The zero-order valence-electron chi connectivity index (χ0n) is 75.0. The van der Waals surface area contributed by atoms with Crippen LogP contribution in [-0.4, -0.2) is 136 Å². The van der Waals surface area contributed by atoms with Crippen molar-refractivity contribution in [3.8, 4) is 0 Å².